The quantitative estimate of drug-likeness (QED) is 0.761. The summed E-state index contributed by atoms with van der Waals surface area (Å²) in [6.07, 6.45) is 1.01. The molecule has 1 aromatic rings. The van der Waals surface area contributed by atoms with Gasteiger partial charge in [-0.05, 0) is 32.4 Å². The molecule has 0 radical (unpaired) electrons. The molecule has 0 heterocycles. The lowest BCUT2D eigenvalue weighted by atomic mass is 10.1. The van der Waals surface area contributed by atoms with E-state index >= 15 is 0 Å². The van der Waals surface area contributed by atoms with Crippen molar-refractivity contribution in [2.24, 2.45) is 5.92 Å². The topological polar surface area (TPSA) is 38.3 Å². The molecule has 2 atom stereocenters. The van der Waals surface area contributed by atoms with Crippen molar-refractivity contribution in [1.29, 1.82) is 0 Å². The Bertz CT molecular complexity index is 421. The fourth-order valence-corrected chi connectivity index (χ4v) is 3.64. The molecule has 0 saturated carbocycles. The molecule has 0 aliphatic carbocycles. The molecule has 0 aromatic heterocycles. The summed E-state index contributed by atoms with van der Waals surface area (Å²) < 4.78 is 17.9. The van der Waals surface area contributed by atoms with Gasteiger partial charge in [0.1, 0.15) is 5.75 Å². The Morgan fingerprint density at radius 3 is 2.60 bits per heavy atom. The standard InChI is InChI=1S/C16H27NO2S/c1-5-19-16-9-7-6-8-14(16)15(17-4)12-20(18)11-10-13(2)3/h6-9,13,15,17H,5,10-12H2,1-4H3. The van der Waals surface area contributed by atoms with E-state index in [9.17, 15) is 4.21 Å². The van der Waals surface area contributed by atoms with Crippen molar-refractivity contribution in [3.05, 3.63) is 29.8 Å². The van der Waals surface area contributed by atoms with Crippen LogP contribution in [-0.4, -0.2) is 29.4 Å². The minimum Gasteiger partial charge on any atom is -0.494 e. The van der Waals surface area contributed by atoms with Crippen LogP contribution in [-0.2, 0) is 10.8 Å². The van der Waals surface area contributed by atoms with Gasteiger partial charge in [-0.1, -0.05) is 32.0 Å². The average Bonchev–Trinajstić information content (AvgIpc) is 2.44. The number of hydrogen-bond acceptors (Lipinski definition) is 3. The second-order valence-corrected chi connectivity index (χ2v) is 6.93. The SMILES string of the molecule is CCOc1ccccc1C(CS(=O)CCC(C)C)NC. The first-order valence-electron chi connectivity index (χ1n) is 7.32. The summed E-state index contributed by atoms with van der Waals surface area (Å²) in [4.78, 5) is 0. The molecule has 2 unspecified atom stereocenters. The molecule has 0 fully saturated rings. The monoisotopic (exact) mass is 297 g/mol. The van der Waals surface area contributed by atoms with Gasteiger partial charge in [0, 0.05) is 33.9 Å². The van der Waals surface area contributed by atoms with Crippen LogP contribution in [0.25, 0.3) is 0 Å². The Kier molecular flexibility index (Phi) is 7.85. The minimum absolute atomic E-state index is 0.0748. The lowest BCUT2D eigenvalue weighted by molar-refractivity contribution is 0.333. The number of nitrogens with one attached hydrogen (secondary N) is 1. The van der Waals surface area contributed by atoms with Crippen LogP contribution < -0.4 is 10.1 Å². The van der Waals surface area contributed by atoms with E-state index in [4.69, 9.17) is 4.74 Å². The lowest BCUT2D eigenvalue weighted by Crippen LogP contribution is -2.24. The van der Waals surface area contributed by atoms with Gasteiger partial charge in [0.05, 0.1) is 6.61 Å². The van der Waals surface area contributed by atoms with Crippen LogP contribution in [0, 0.1) is 5.92 Å². The molecule has 3 nitrogen and oxygen atoms in total. The molecule has 4 heteroatoms. The highest BCUT2D eigenvalue weighted by atomic mass is 32.2. The highest BCUT2D eigenvalue weighted by molar-refractivity contribution is 7.85. The highest BCUT2D eigenvalue weighted by Crippen LogP contribution is 2.25. The maximum atomic E-state index is 12.2. The Morgan fingerprint density at radius 2 is 2.00 bits per heavy atom. The second-order valence-electron chi connectivity index (χ2n) is 5.31. The molecular weight excluding hydrogens is 270 g/mol. The van der Waals surface area contributed by atoms with Crippen LogP contribution in [0.2, 0.25) is 0 Å². The zero-order valence-corrected chi connectivity index (χ0v) is 13.8. The van der Waals surface area contributed by atoms with Gasteiger partial charge in [-0.3, -0.25) is 4.21 Å². The number of hydrogen-bond donors (Lipinski definition) is 1. The van der Waals surface area contributed by atoms with Gasteiger partial charge in [0.15, 0.2) is 0 Å². The van der Waals surface area contributed by atoms with E-state index in [-0.39, 0.29) is 6.04 Å². The number of ether oxygens (including phenoxy) is 1. The fraction of sp³-hybridized carbons (Fsp3) is 0.625. The van der Waals surface area contributed by atoms with E-state index in [2.05, 4.69) is 19.2 Å². The zero-order chi connectivity index (χ0) is 15.0. The summed E-state index contributed by atoms with van der Waals surface area (Å²) in [6.45, 7) is 6.95. The molecular formula is C16H27NO2S. The average molecular weight is 297 g/mol. The first-order valence-corrected chi connectivity index (χ1v) is 8.81. The summed E-state index contributed by atoms with van der Waals surface area (Å²) >= 11 is 0. The van der Waals surface area contributed by atoms with Crippen LogP contribution in [0.5, 0.6) is 5.75 Å². The molecule has 0 saturated heterocycles. The van der Waals surface area contributed by atoms with Gasteiger partial charge in [-0.25, -0.2) is 0 Å². The Labute approximate surface area is 125 Å². The third-order valence-corrected chi connectivity index (χ3v) is 4.61. The number of benzene rings is 1. The molecule has 0 aliphatic heterocycles. The van der Waals surface area contributed by atoms with Crippen LogP contribution in [0.3, 0.4) is 0 Å². The molecule has 114 valence electrons. The molecule has 1 aromatic carbocycles. The van der Waals surface area contributed by atoms with Crippen molar-refractivity contribution >= 4 is 10.8 Å². The minimum atomic E-state index is -0.801. The van der Waals surface area contributed by atoms with E-state index in [1.807, 2.05) is 38.2 Å². The molecule has 1 rings (SSSR count). The summed E-state index contributed by atoms with van der Waals surface area (Å²) in [6, 6.07) is 8.06. The highest BCUT2D eigenvalue weighted by Gasteiger charge is 2.17. The predicted molar refractivity (Wildman–Crippen MR) is 86.7 cm³/mol. The van der Waals surface area contributed by atoms with Crippen LogP contribution in [0.15, 0.2) is 24.3 Å². The second kappa shape index (κ2) is 9.14. The lowest BCUT2D eigenvalue weighted by Gasteiger charge is -2.19. The van der Waals surface area contributed by atoms with Gasteiger partial charge in [-0.15, -0.1) is 0 Å². The molecule has 1 N–H and O–H groups in total. The van der Waals surface area contributed by atoms with Crippen molar-refractivity contribution in [3.8, 4) is 5.75 Å². The molecule has 0 bridgehead atoms. The molecule has 0 aliphatic rings. The van der Waals surface area contributed by atoms with Crippen molar-refractivity contribution in [1.82, 2.24) is 5.32 Å². The van der Waals surface area contributed by atoms with Gasteiger partial charge in [0.25, 0.3) is 0 Å². The Morgan fingerprint density at radius 1 is 1.30 bits per heavy atom. The van der Waals surface area contributed by atoms with E-state index in [1.54, 1.807) is 0 Å². The first-order chi connectivity index (χ1) is 9.58. The largest absolute Gasteiger partial charge is 0.494 e. The summed E-state index contributed by atoms with van der Waals surface area (Å²) in [5.41, 5.74) is 1.09. The van der Waals surface area contributed by atoms with Gasteiger partial charge >= 0.3 is 0 Å². The maximum Gasteiger partial charge on any atom is 0.124 e. The van der Waals surface area contributed by atoms with E-state index in [0.29, 0.717) is 18.3 Å². The third-order valence-electron chi connectivity index (χ3n) is 3.22. The van der Waals surface area contributed by atoms with Crippen LogP contribution >= 0.6 is 0 Å². The molecule has 0 spiro atoms. The summed E-state index contributed by atoms with van der Waals surface area (Å²) in [5.74, 6) is 2.89. The van der Waals surface area contributed by atoms with Crippen molar-refractivity contribution < 1.29 is 8.95 Å². The third kappa shape index (κ3) is 5.63. The number of rotatable bonds is 9. The Hall–Kier alpha value is -0.870. The summed E-state index contributed by atoms with van der Waals surface area (Å²) in [7, 11) is 1.11. The van der Waals surface area contributed by atoms with E-state index in [0.717, 1.165) is 23.5 Å². The first kappa shape index (κ1) is 17.2. The van der Waals surface area contributed by atoms with Crippen LogP contribution in [0.4, 0.5) is 0 Å². The van der Waals surface area contributed by atoms with Crippen LogP contribution in [0.1, 0.15) is 38.8 Å². The summed E-state index contributed by atoms with van der Waals surface area (Å²) in [5, 5.41) is 3.26. The van der Waals surface area contributed by atoms with Crippen molar-refractivity contribution in [3.63, 3.8) is 0 Å². The molecule has 0 amide bonds. The van der Waals surface area contributed by atoms with Gasteiger partial charge in [0.2, 0.25) is 0 Å². The maximum absolute atomic E-state index is 12.2. The predicted octanol–water partition coefficient (Wildman–Crippen LogP) is 3.14. The van der Waals surface area contributed by atoms with Crippen molar-refractivity contribution in [2.75, 3.05) is 25.2 Å². The van der Waals surface area contributed by atoms with Crippen molar-refractivity contribution in [2.45, 2.75) is 33.2 Å². The molecule has 20 heavy (non-hydrogen) atoms. The Balaban J connectivity index is 2.73. The van der Waals surface area contributed by atoms with Gasteiger partial charge < -0.3 is 10.1 Å². The zero-order valence-electron chi connectivity index (χ0n) is 13.0. The van der Waals surface area contributed by atoms with Gasteiger partial charge in [-0.2, -0.15) is 0 Å². The smallest absolute Gasteiger partial charge is 0.124 e. The fourth-order valence-electron chi connectivity index (χ4n) is 2.02. The van der Waals surface area contributed by atoms with E-state index in [1.165, 1.54) is 0 Å². The van der Waals surface area contributed by atoms with E-state index < -0.39 is 10.8 Å². The normalized spacial score (nSPS) is 14.2. The number of para-hydroxylation sites is 1.